The molecule has 2 aliphatic rings. The number of piperidine rings is 1. The first-order chi connectivity index (χ1) is 13.0. The van der Waals surface area contributed by atoms with E-state index in [-0.39, 0.29) is 5.60 Å². The van der Waals surface area contributed by atoms with Crippen molar-refractivity contribution >= 4 is 11.4 Å². The number of aryl methyl sites for hydroxylation is 1. The maximum absolute atomic E-state index is 6.22. The molecule has 1 spiro atoms. The number of nitrogen functional groups attached to an aromatic ring is 1. The van der Waals surface area contributed by atoms with Crippen LogP contribution >= 0.6 is 0 Å². The number of anilines is 2. The largest absolute Gasteiger partial charge is 0.495 e. The average Bonchev–Trinajstić information content (AvgIpc) is 3.08. The van der Waals surface area contributed by atoms with E-state index in [1.165, 1.54) is 0 Å². The Bertz CT molecular complexity index is 811. The number of likely N-dealkylation sites (N-methyl/N-ethyl adjacent to an activating group) is 1. The first-order valence-electron chi connectivity index (χ1n) is 9.54. The zero-order chi connectivity index (χ0) is 19.0. The lowest BCUT2D eigenvalue weighted by molar-refractivity contribution is -0.115. The van der Waals surface area contributed by atoms with E-state index in [2.05, 4.69) is 28.0 Å². The summed E-state index contributed by atoms with van der Waals surface area (Å²) in [6, 6.07) is 4.06. The predicted octanol–water partition coefficient (Wildman–Crippen LogP) is 1.98. The Balaban J connectivity index is 1.63. The van der Waals surface area contributed by atoms with Gasteiger partial charge in [0.25, 0.3) is 0 Å². The molecule has 0 bridgehead atoms. The van der Waals surface area contributed by atoms with Crippen molar-refractivity contribution in [3.8, 4) is 16.9 Å². The van der Waals surface area contributed by atoms with Crippen LogP contribution in [0.15, 0.2) is 24.5 Å². The normalized spacial score (nSPS) is 20.2. The van der Waals surface area contributed by atoms with E-state index >= 15 is 0 Å². The molecule has 2 fully saturated rings. The maximum Gasteiger partial charge on any atom is 0.143 e. The van der Waals surface area contributed by atoms with Crippen molar-refractivity contribution in [1.29, 1.82) is 0 Å². The fraction of sp³-hybridized carbons (Fsp3) is 0.550. The molecular formula is C20H29N5O2. The van der Waals surface area contributed by atoms with Gasteiger partial charge in [-0.15, -0.1) is 0 Å². The third-order valence-corrected chi connectivity index (χ3v) is 5.82. The van der Waals surface area contributed by atoms with Gasteiger partial charge < -0.3 is 25.0 Å². The molecular weight excluding hydrogens is 342 g/mol. The number of hydrogen-bond donors (Lipinski definition) is 1. The monoisotopic (exact) mass is 371 g/mol. The minimum atomic E-state index is -0.00411. The molecule has 2 saturated heterocycles. The molecule has 0 amide bonds. The molecule has 1 aromatic heterocycles. The lowest BCUT2D eigenvalue weighted by Gasteiger charge is -2.47. The number of rotatable bonds is 3. The molecule has 3 heterocycles. The van der Waals surface area contributed by atoms with Crippen LogP contribution in [-0.2, 0) is 11.8 Å². The van der Waals surface area contributed by atoms with Crippen molar-refractivity contribution in [3.05, 3.63) is 24.5 Å². The van der Waals surface area contributed by atoms with Crippen molar-refractivity contribution in [2.75, 3.05) is 57.6 Å². The van der Waals surface area contributed by atoms with E-state index in [0.717, 1.165) is 62.4 Å². The standard InChI is InChI=1S/C20H29N5O2/c1-23-8-9-27-20(14-23)4-6-25(7-5-20)18-11-19(26-3)17(21)10-16(18)15-12-22-24(2)13-15/h10-13H,4-9,14,21H2,1-3H3. The van der Waals surface area contributed by atoms with Gasteiger partial charge in [0.15, 0.2) is 0 Å². The highest BCUT2D eigenvalue weighted by Crippen LogP contribution is 2.40. The highest BCUT2D eigenvalue weighted by Gasteiger charge is 2.39. The molecule has 2 N–H and O–H groups in total. The number of benzene rings is 1. The second kappa shape index (κ2) is 7.05. The lowest BCUT2D eigenvalue weighted by Crippen LogP contribution is -2.56. The lowest BCUT2D eigenvalue weighted by atomic mass is 9.88. The van der Waals surface area contributed by atoms with E-state index < -0.39 is 0 Å². The van der Waals surface area contributed by atoms with Gasteiger partial charge in [0.2, 0.25) is 0 Å². The third-order valence-electron chi connectivity index (χ3n) is 5.82. The number of hydrogen-bond acceptors (Lipinski definition) is 6. The molecule has 1 aromatic carbocycles. The number of nitrogens with zero attached hydrogens (tertiary/aromatic N) is 4. The van der Waals surface area contributed by atoms with Crippen LogP contribution in [0.3, 0.4) is 0 Å². The Hall–Kier alpha value is -2.25. The summed E-state index contributed by atoms with van der Waals surface area (Å²) in [6.45, 7) is 4.77. The van der Waals surface area contributed by atoms with Gasteiger partial charge in [-0.25, -0.2) is 0 Å². The number of morpholine rings is 1. The number of methoxy groups -OCH3 is 1. The van der Waals surface area contributed by atoms with E-state index in [1.807, 2.05) is 30.2 Å². The van der Waals surface area contributed by atoms with Crippen LogP contribution < -0.4 is 15.4 Å². The second-order valence-corrected chi connectivity index (χ2v) is 7.77. The van der Waals surface area contributed by atoms with E-state index in [1.54, 1.807) is 7.11 Å². The van der Waals surface area contributed by atoms with Crippen LogP contribution in [0.1, 0.15) is 12.8 Å². The molecule has 0 saturated carbocycles. The summed E-state index contributed by atoms with van der Waals surface area (Å²) in [4.78, 5) is 4.81. The molecule has 0 aliphatic carbocycles. The minimum absolute atomic E-state index is 0.00411. The Morgan fingerprint density at radius 2 is 1.96 bits per heavy atom. The van der Waals surface area contributed by atoms with Crippen molar-refractivity contribution < 1.29 is 9.47 Å². The first kappa shape index (κ1) is 18.1. The summed E-state index contributed by atoms with van der Waals surface area (Å²) in [5, 5.41) is 4.33. The van der Waals surface area contributed by atoms with Crippen molar-refractivity contribution in [2.45, 2.75) is 18.4 Å². The molecule has 0 radical (unpaired) electrons. The number of nitrogens with two attached hydrogens (primary N) is 1. The maximum atomic E-state index is 6.22. The molecule has 7 nitrogen and oxygen atoms in total. The number of aromatic nitrogens is 2. The van der Waals surface area contributed by atoms with Gasteiger partial charge in [-0.05, 0) is 26.0 Å². The summed E-state index contributed by atoms with van der Waals surface area (Å²) in [6.07, 6.45) is 5.96. The van der Waals surface area contributed by atoms with Crippen LogP contribution in [0.25, 0.3) is 11.1 Å². The molecule has 2 aliphatic heterocycles. The predicted molar refractivity (Wildman–Crippen MR) is 107 cm³/mol. The zero-order valence-corrected chi connectivity index (χ0v) is 16.4. The molecule has 4 rings (SSSR count). The van der Waals surface area contributed by atoms with Crippen molar-refractivity contribution in [1.82, 2.24) is 14.7 Å². The summed E-state index contributed by atoms with van der Waals surface area (Å²) in [5.41, 5.74) is 10.2. The van der Waals surface area contributed by atoms with Gasteiger partial charge in [-0.2, -0.15) is 5.10 Å². The highest BCUT2D eigenvalue weighted by molar-refractivity contribution is 5.83. The van der Waals surface area contributed by atoms with E-state index in [4.69, 9.17) is 15.2 Å². The first-order valence-corrected chi connectivity index (χ1v) is 9.54. The quantitative estimate of drug-likeness (QED) is 0.832. The summed E-state index contributed by atoms with van der Waals surface area (Å²) in [5.74, 6) is 0.714. The Kier molecular flexibility index (Phi) is 4.74. The van der Waals surface area contributed by atoms with Crippen LogP contribution in [0.5, 0.6) is 5.75 Å². The summed E-state index contributed by atoms with van der Waals surface area (Å²) >= 11 is 0. The summed E-state index contributed by atoms with van der Waals surface area (Å²) < 4.78 is 13.5. The molecule has 7 heteroatoms. The van der Waals surface area contributed by atoms with Gasteiger partial charge in [0.05, 0.1) is 31.2 Å². The molecule has 2 aromatic rings. The van der Waals surface area contributed by atoms with Gasteiger partial charge in [0.1, 0.15) is 5.75 Å². The van der Waals surface area contributed by atoms with Crippen molar-refractivity contribution in [3.63, 3.8) is 0 Å². The van der Waals surface area contributed by atoms with Gasteiger partial charge in [0, 0.05) is 62.3 Å². The topological polar surface area (TPSA) is 68.8 Å². The Morgan fingerprint density at radius 3 is 2.59 bits per heavy atom. The molecule has 146 valence electrons. The molecule has 0 atom stereocenters. The third kappa shape index (κ3) is 3.49. The van der Waals surface area contributed by atoms with Crippen LogP contribution in [0.4, 0.5) is 11.4 Å². The van der Waals surface area contributed by atoms with E-state index in [0.29, 0.717) is 11.4 Å². The van der Waals surface area contributed by atoms with E-state index in [9.17, 15) is 0 Å². The molecule has 0 unspecified atom stereocenters. The average molecular weight is 371 g/mol. The SMILES string of the molecule is COc1cc(N2CCC3(CC2)CN(C)CCO3)c(-c2cnn(C)c2)cc1N. The van der Waals surface area contributed by atoms with Gasteiger partial charge in [-0.3, -0.25) is 4.68 Å². The zero-order valence-electron chi connectivity index (χ0n) is 16.4. The Morgan fingerprint density at radius 1 is 1.19 bits per heavy atom. The van der Waals surface area contributed by atoms with Gasteiger partial charge >= 0.3 is 0 Å². The smallest absolute Gasteiger partial charge is 0.143 e. The molecule has 27 heavy (non-hydrogen) atoms. The fourth-order valence-electron chi connectivity index (χ4n) is 4.31. The van der Waals surface area contributed by atoms with Crippen LogP contribution in [-0.4, -0.2) is 67.2 Å². The number of ether oxygens (including phenoxy) is 2. The fourth-order valence-corrected chi connectivity index (χ4v) is 4.31. The second-order valence-electron chi connectivity index (χ2n) is 7.77. The highest BCUT2D eigenvalue weighted by atomic mass is 16.5. The Labute approximate surface area is 160 Å². The van der Waals surface area contributed by atoms with Crippen molar-refractivity contribution in [2.24, 2.45) is 7.05 Å². The summed E-state index contributed by atoms with van der Waals surface area (Å²) in [7, 11) is 5.77. The van der Waals surface area contributed by atoms with Gasteiger partial charge in [-0.1, -0.05) is 0 Å². The minimum Gasteiger partial charge on any atom is -0.495 e. The van der Waals surface area contributed by atoms with Crippen LogP contribution in [0, 0.1) is 0 Å². The van der Waals surface area contributed by atoms with Crippen LogP contribution in [0.2, 0.25) is 0 Å².